The summed E-state index contributed by atoms with van der Waals surface area (Å²) in [7, 11) is 0. The highest BCUT2D eigenvalue weighted by atomic mass is 19.4. The second-order valence-electron chi connectivity index (χ2n) is 7.07. The van der Waals surface area contributed by atoms with Crippen LogP contribution >= 0.6 is 0 Å². The lowest BCUT2D eigenvalue weighted by atomic mass is 9.98. The van der Waals surface area contributed by atoms with Crippen LogP contribution < -0.4 is 0 Å². The van der Waals surface area contributed by atoms with Gasteiger partial charge in [0.1, 0.15) is 0 Å². The minimum Gasteiger partial charge on any atom is -0.478 e. The van der Waals surface area contributed by atoms with E-state index in [9.17, 15) is 18.0 Å². The van der Waals surface area contributed by atoms with E-state index in [2.05, 4.69) is 11.9 Å². The number of aromatic nitrogens is 2. The monoisotopic (exact) mass is 414 g/mol. The fourth-order valence-electron chi connectivity index (χ4n) is 3.22. The van der Waals surface area contributed by atoms with Crippen molar-refractivity contribution in [2.75, 3.05) is 0 Å². The normalized spacial score (nSPS) is 11.5. The maximum Gasteiger partial charge on any atom is 0.416 e. The van der Waals surface area contributed by atoms with Gasteiger partial charge in [-0.2, -0.15) is 13.2 Å². The number of hydrogen-bond donors (Lipinski definition) is 1. The molecule has 1 N–H and O–H groups in total. The molecule has 0 fully saturated rings. The Balaban J connectivity index is 2.12. The van der Waals surface area contributed by atoms with Crippen LogP contribution in [0.2, 0.25) is 0 Å². The van der Waals surface area contributed by atoms with Gasteiger partial charge in [0.05, 0.1) is 28.2 Å². The number of alkyl halides is 3. The molecule has 0 saturated carbocycles. The van der Waals surface area contributed by atoms with Crippen molar-refractivity contribution >= 4 is 5.97 Å². The fourth-order valence-corrected chi connectivity index (χ4v) is 3.22. The lowest BCUT2D eigenvalue weighted by Crippen LogP contribution is -2.07. The number of benzene rings is 2. The lowest BCUT2D eigenvalue weighted by molar-refractivity contribution is -0.138. The Hall–Kier alpha value is -3.22. The van der Waals surface area contributed by atoms with Crippen molar-refractivity contribution < 1.29 is 23.1 Å². The van der Waals surface area contributed by atoms with Gasteiger partial charge in [0.15, 0.2) is 0 Å². The van der Waals surface area contributed by atoms with Crippen LogP contribution in [0.3, 0.4) is 0 Å². The average Bonchev–Trinajstić information content (AvgIpc) is 2.71. The van der Waals surface area contributed by atoms with Crippen molar-refractivity contribution in [3.8, 4) is 22.5 Å². The highest BCUT2D eigenvalue weighted by Gasteiger charge is 2.32. The van der Waals surface area contributed by atoms with Gasteiger partial charge in [0, 0.05) is 17.3 Å². The molecule has 0 aliphatic carbocycles. The number of halogens is 3. The molecule has 0 bridgehead atoms. The Morgan fingerprint density at radius 2 is 1.70 bits per heavy atom. The third kappa shape index (κ3) is 4.67. The van der Waals surface area contributed by atoms with Gasteiger partial charge >= 0.3 is 12.1 Å². The summed E-state index contributed by atoms with van der Waals surface area (Å²) in [5.74, 6) is -1.04. The average molecular weight is 414 g/mol. The predicted octanol–water partition coefficient (Wildman–Crippen LogP) is 6.18. The first-order valence-electron chi connectivity index (χ1n) is 9.58. The number of aryl methyl sites for hydroxylation is 2. The van der Waals surface area contributed by atoms with E-state index in [-0.39, 0.29) is 11.1 Å². The summed E-state index contributed by atoms with van der Waals surface area (Å²) in [6.45, 7) is 3.48. The highest BCUT2D eigenvalue weighted by Crippen LogP contribution is 2.35. The van der Waals surface area contributed by atoms with Gasteiger partial charge in [0.2, 0.25) is 0 Å². The molecule has 0 amide bonds. The largest absolute Gasteiger partial charge is 0.478 e. The zero-order valence-corrected chi connectivity index (χ0v) is 16.6. The van der Waals surface area contributed by atoms with Crippen molar-refractivity contribution in [3.05, 3.63) is 71.0 Å². The molecule has 0 saturated heterocycles. The molecule has 3 aromatic rings. The van der Waals surface area contributed by atoms with E-state index in [1.165, 1.54) is 31.2 Å². The van der Waals surface area contributed by atoms with Crippen molar-refractivity contribution in [2.45, 2.75) is 39.3 Å². The van der Waals surface area contributed by atoms with Crippen LogP contribution in [0.1, 0.15) is 46.9 Å². The van der Waals surface area contributed by atoms with Crippen LogP contribution in [0, 0.1) is 6.92 Å². The molecule has 30 heavy (non-hydrogen) atoms. The molecule has 7 heteroatoms. The molecule has 3 rings (SSSR count). The number of carboxylic acid groups (broad SMARTS) is 1. The van der Waals surface area contributed by atoms with Crippen molar-refractivity contribution in [3.63, 3.8) is 0 Å². The smallest absolute Gasteiger partial charge is 0.416 e. The van der Waals surface area contributed by atoms with Crippen molar-refractivity contribution in [1.29, 1.82) is 0 Å². The molecule has 0 spiro atoms. The summed E-state index contributed by atoms with van der Waals surface area (Å²) in [5, 5.41) is 9.12. The van der Waals surface area contributed by atoms with E-state index in [1.807, 2.05) is 0 Å². The topological polar surface area (TPSA) is 63.1 Å². The second kappa shape index (κ2) is 8.65. The van der Waals surface area contributed by atoms with Crippen LogP contribution in [0.25, 0.3) is 22.5 Å². The summed E-state index contributed by atoms with van der Waals surface area (Å²) >= 11 is 0. The number of aromatic carboxylic acids is 1. The molecule has 0 radical (unpaired) electrons. The number of unbranched alkanes of at least 4 members (excludes halogenated alkanes) is 1. The van der Waals surface area contributed by atoms with Gasteiger partial charge in [-0.25, -0.2) is 9.78 Å². The van der Waals surface area contributed by atoms with Gasteiger partial charge in [-0.3, -0.25) is 4.98 Å². The van der Waals surface area contributed by atoms with E-state index in [0.29, 0.717) is 22.5 Å². The first kappa shape index (κ1) is 21.5. The van der Waals surface area contributed by atoms with Gasteiger partial charge < -0.3 is 5.11 Å². The summed E-state index contributed by atoms with van der Waals surface area (Å²) in [4.78, 5) is 20.3. The fraction of sp³-hybridized carbons (Fsp3) is 0.261. The summed E-state index contributed by atoms with van der Waals surface area (Å²) < 4.78 is 39.4. The SMILES string of the molecule is CCCCc1cnc(-c2ccc(C(F)(F)F)c(C)c2)c(-c2ccc(C(=O)O)cc2)n1. The molecule has 1 heterocycles. The van der Waals surface area contributed by atoms with E-state index in [4.69, 9.17) is 10.1 Å². The van der Waals surface area contributed by atoms with Gasteiger partial charge in [-0.05, 0) is 49.6 Å². The molecule has 0 atom stereocenters. The standard InChI is InChI=1S/C23H21F3N2O2/c1-3-4-5-18-13-27-20(17-10-11-19(14(2)12-17)23(24,25)26)21(28-18)15-6-8-16(9-7-15)22(29)30/h6-13H,3-5H2,1-2H3,(H,29,30). The predicted molar refractivity (Wildman–Crippen MR) is 108 cm³/mol. The maximum atomic E-state index is 13.1. The van der Waals surface area contributed by atoms with E-state index < -0.39 is 17.7 Å². The minimum absolute atomic E-state index is 0.101. The van der Waals surface area contributed by atoms with E-state index in [0.717, 1.165) is 31.0 Å². The molecule has 0 unspecified atom stereocenters. The van der Waals surface area contributed by atoms with Crippen molar-refractivity contribution in [1.82, 2.24) is 9.97 Å². The quantitative estimate of drug-likeness (QED) is 0.523. The van der Waals surface area contributed by atoms with E-state index >= 15 is 0 Å². The zero-order chi connectivity index (χ0) is 21.9. The minimum atomic E-state index is -4.42. The van der Waals surface area contributed by atoms with Crippen LogP contribution in [-0.2, 0) is 12.6 Å². The molecule has 156 valence electrons. The Morgan fingerprint density at radius 3 is 2.27 bits per heavy atom. The van der Waals surface area contributed by atoms with Gasteiger partial charge in [0.25, 0.3) is 0 Å². The number of rotatable bonds is 6. The molecule has 0 aliphatic rings. The van der Waals surface area contributed by atoms with Crippen LogP contribution in [-0.4, -0.2) is 21.0 Å². The molecule has 4 nitrogen and oxygen atoms in total. The Morgan fingerprint density at radius 1 is 1.03 bits per heavy atom. The molecular weight excluding hydrogens is 393 g/mol. The third-order valence-corrected chi connectivity index (χ3v) is 4.82. The Kier molecular flexibility index (Phi) is 6.20. The maximum absolute atomic E-state index is 13.1. The summed E-state index contributed by atoms with van der Waals surface area (Å²) in [5.41, 5.74) is 2.47. The Bertz CT molecular complexity index is 1060. The first-order valence-corrected chi connectivity index (χ1v) is 9.58. The summed E-state index contributed by atoms with van der Waals surface area (Å²) in [6, 6.07) is 10.1. The Labute approximate surface area is 172 Å². The number of nitrogens with zero attached hydrogens (tertiary/aromatic N) is 2. The number of carboxylic acids is 1. The van der Waals surface area contributed by atoms with Crippen molar-refractivity contribution in [2.24, 2.45) is 0 Å². The number of hydrogen-bond acceptors (Lipinski definition) is 3. The molecule has 1 aromatic heterocycles. The second-order valence-corrected chi connectivity index (χ2v) is 7.07. The lowest BCUT2D eigenvalue weighted by Gasteiger charge is -2.14. The molecule has 0 aliphatic heterocycles. The summed E-state index contributed by atoms with van der Waals surface area (Å²) in [6.07, 6.45) is -0.119. The first-order chi connectivity index (χ1) is 14.2. The molecular formula is C23H21F3N2O2. The third-order valence-electron chi connectivity index (χ3n) is 4.82. The number of carbonyl (C=O) groups is 1. The van der Waals surface area contributed by atoms with Gasteiger partial charge in [-0.1, -0.05) is 31.5 Å². The van der Waals surface area contributed by atoms with E-state index in [1.54, 1.807) is 18.3 Å². The highest BCUT2D eigenvalue weighted by molar-refractivity contribution is 5.88. The van der Waals surface area contributed by atoms with Crippen LogP contribution in [0.5, 0.6) is 0 Å². The van der Waals surface area contributed by atoms with Crippen LogP contribution in [0.15, 0.2) is 48.7 Å². The molecule has 2 aromatic carbocycles. The van der Waals surface area contributed by atoms with Gasteiger partial charge in [-0.15, -0.1) is 0 Å². The zero-order valence-electron chi connectivity index (χ0n) is 16.6. The van der Waals surface area contributed by atoms with Crippen LogP contribution in [0.4, 0.5) is 13.2 Å².